The molecule has 0 aromatic carbocycles. The molecule has 0 aliphatic rings. The van der Waals surface area contributed by atoms with Gasteiger partial charge in [0.25, 0.3) is 0 Å². The fourth-order valence-electron chi connectivity index (χ4n) is 0.0804. The second-order valence-corrected chi connectivity index (χ2v) is 1.43. The van der Waals surface area contributed by atoms with Gasteiger partial charge in [-0.1, -0.05) is 0 Å². The predicted octanol–water partition coefficient (Wildman–Crippen LogP) is 0.199. The molecule has 0 saturated heterocycles. The third-order valence-electron chi connectivity index (χ3n) is 0.638. The Morgan fingerprint density at radius 2 is 1.44 bits per heavy atom. The van der Waals surface area contributed by atoms with Gasteiger partial charge in [0.05, 0.1) is 0 Å². The predicted molar refractivity (Wildman–Crippen MR) is 19.2 cm³/mol. The summed E-state index contributed by atoms with van der Waals surface area (Å²) in [5.41, 5.74) is 0. The third-order valence-corrected chi connectivity index (χ3v) is 0.638. The van der Waals surface area contributed by atoms with Gasteiger partial charge in [-0.25, -0.2) is 4.39 Å². The van der Waals surface area contributed by atoms with Crippen LogP contribution in [0.25, 0.3) is 0 Å². The minimum atomic E-state index is -5.04. The summed E-state index contributed by atoms with van der Waals surface area (Å²) >= 11 is 0. The Balaban J connectivity index is 4.14. The molecule has 0 aliphatic heterocycles. The van der Waals surface area contributed by atoms with E-state index in [9.17, 15) is 17.6 Å². The molecule has 1 atom stereocenters. The zero-order valence-electron chi connectivity index (χ0n) is 4.11. The molecule has 0 saturated carbocycles. The number of alkyl halides is 4. The molecule has 0 fully saturated rings. The van der Waals surface area contributed by atoms with E-state index in [1.807, 2.05) is 0 Å². The molecule has 0 heterocycles. The lowest BCUT2D eigenvalue weighted by atomic mass is 10.3. The maximum Gasteiger partial charge on any atom is 0.414 e. The molecule has 0 amide bonds. The monoisotopic (exact) mass is 148 g/mol. The van der Waals surface area contributed by atoms with E-state index < -0.39 is 18.6 Å². The zero-order valence-corrected chi connectivity index (χ0v) is 4.11. The molecule has 1 unspecified atom stereocenters. The molecule has 0 aliphatic carbocycles. The fraction of sp³-hybridized carbons (Fsp3) is 1.00. The van der Waals surface area contributed by atoms with Crippen molar-refractivity contribution in [2.45, 2.75) is 12.0 Å². The van der Waals surface area contributed by atoms with E-state index >= 15 is 0 Å². The summed E-state index contributed by atoms with van der Waals surface area (Å²) in [7, 11) is 0. The SMILES string of the molecule is OC(F)(F)C(O)(F)CF. The summed E-state index contributed by atoms with van der Waals surface area (Å²) in [5, 5.41) is 15.0. The Morgan fingerprint density at radius 3 is 1.44 bits per heavy atom. The quantitative estimate of drug-likeness (QED) is 0.549. The molecule has 0 aromatic rings. The van der Waals surface area contributed by atoms with Gasteiger partial charge in [-0.05, 0) is 0 Å². The van der Waals surface area contributed by atoms with Crippen LogP contribution in [0.4, 0.5) is 17.6 Å². The Bertz CT molecular complexity index is 96.5. The number of rotatable bonds is 2. The summed E-state index contributed by atoms with van der Waals surface area (Å²) in [6.07, 6.45) is -5.04. The van der Waals surface area contributed by atoms with Gasteiger partial charge in [-0.15, -0.1) is 0 Å². The van der Waals surface area contributed by atoms with Crippen molar-refractivity contribution in [3.05, 3.63) is 0 Å². The average Bonchev–Trinajstić information content (AvgIpc) is 1.64. The van der Waals surface area contributed by atoms with Gasteiger partial charge in [0, 0.05) is 0 Å². The maximum absolute atomic E-state index is 11.5. The summed E-state index contributed by atoms with van der Waals surface area (Å²) in [4.78, 5) is 0. The number of hydrogen-bond acceptors (Lipinski definition) is 2. The van der Waals surface area contributed by atoms with Gasteiger partial charge in [-0.2, -0.15) is 13.2 Å². The van der Waals surface area contributed by atoms with Crippen LogP contribution in [0.15, 0.2) is 0 Å². The van der Waals surface area contributed by atoms with Crippen molar-refractivity contribution in [2.75, 3.05) is 6.67 Å². The van der Waals surface area contributed by atoms with Crippen LogP contribution in [0.3, 0.4) is 0 Å². The molecule has 56 valence electrons. The van der Waals surface area contributed by atoms with Crippen LogP contribution >= 0.6 is 0 Å². The molecular formula is C3H4F4O2. The summed E-state index contributed by atoms with van der Waals surface area (Å²) in [6, 6.07) is 0. The first-order chi connectivity index (χ1) is 3.81. The van der Waals surface area contributed by atoms with Crippen LogP contribution in [0, 0.1) is 0 Å². The van der Waals surface area contributed by atoms with Crippen LogP contribution in [0.1, 0.15) is 0 Å². The van der Waals surface area contributed by atoms with Gasteiger partial charge >= 0.3 is 12.0 Å². The minimum Gasteiger partial charge on any atom is -0.353 e. The number of hydrogen-bond donors (Lipinski definition) is 2. The second-order valence-electron chi connectivity index (χ2n) is 1.43. The lowest BCUT2D eigenvalue weighted by Gasteiger charge is -2.19. The largest absolute Gasteiger partial charge is 0.414 e. The topological polar surface area (TPSA) is 40.5 Å². The van der Waals surface area contributed by atoms with Crippen molar-refractivity contribution in [1.82, 2.24) is 0 Å². The highest BCUT2D eigenvalue weighted by atomic mass is 19.3. The normalized spacial score (nSPS) is 19.3. The number of aliphatic hydroxyl groups is 2. The summed E-state index contributed by atoms with van der Waals surface area (Å²) < 4.78 is 44.9. The molecule has 6 heteroatoms. The van der Waals surface area contributed by atoms with Crippen molar-refractivity contribution in [3.8, 4) is 0 Å². The summed E-state index contributed by atoms with van der Waals surface area (Å²) in [5.74, 6) is -4.47. The highest BCUT2D eigenvalue weighted by Crippen LogP contribution is 2.27. The Hall–Kier alpha value is -0.360. The summed E-state index contributed by atoms with van der Waals surface area (Å²) in [6.45, 7) is -2.35. The van der Waals surface area contributed by atoms with E-state index in [4.69, 9.17) is 10.2 Å². The van der Waals surface area contributed by atoms with Crippen molar-refractivity contribution in [3.63, 3.8) is 0 Å². The van der Waals surface area contributed by atoms with Gasteiger partial charge in [-0.3, -0.25) is 0 Å². The zero-order chi connectivity index (χ0) is 7.71. The highest BCUT2D eigenvalue weighted by Gasteiger charge is 2.53. The van der Waals surface area contributed by atoms with Crippen LogP contribution in [0.5, 0.6) is 0 Å². The third kappa shape index (κ3) is 1.79. The molecule has 2 N–H and O–H groups in total. The lowest BCUT2D eigenvalue weighted by molar-refractivity contribution is -0.355. The molecule has 0 spiro atoms. The van der Waals surface area contributed by atoms with Gasteiger partial charge in [0.1, 0.15) is 0 Å². The van der Waals surface area contributed by atoms with Crippen LogP contribution in [0.2, 0.25) is 0 Å². The van der Waals surface area contributed by atoms with E-state index in [0.29, 0.717) is 0 Å². The molecule has 0 aromatic heterocycles. The second kappa shape index (κ2) is 2.11. The molecular weight excluding hydrogens is 144 g/mol. The lowest BCUT2D eigenvalue weighted by Crippen LogP contribution is -2.45. The van der Waals surface area contributed by atoms with E-state index in [-0.39, 0.29) is 0 Å². The van der Waals surface area contributed by atoms with Crippen LogP contribution in [-0.4, -0.2) is 28.9 Å². The van der Waals surface area contributed by atoms with Crippen LogP contribution in [-0.2, 0) is 0 Å². The molecule has 0 bridgehead atoms. The van der Waals surface area contributed by atoms with Crippen molar-refractivity contribution < 1.29 is 27.8 Å². The van der Waals surface area contributed by atoms with E-state index in [1.54, 1.807) is 0 Å². The smallest absolute Gasteiger partial charge is 0.353 e. The molecule has 2 nitrogen and oxygen atoms in total. The van der Waals surface area contributed by atoms with Gasteiger partial charge < -0.3 is 10.2 Å². The first kappa shape index (κ1) is 8.64. The minimum absolute atomic E-state index is 2.35. The molecule has 0 radical (unpaired) electrons. The van der Waals surface area contributed by atoms with Gasteiger partial charge in [0.2, 0.25) is 0 Å². The van der Waals surface area contributed by atoms with Crippen LogP contribution < -0.4 is 0 Å². The first-order valence-electron chi connectivity index (χ1n) is 1.88. The van der Waals surface area contributed by atoms with Gasteiger partial charge in [0.15, 0.2) is 6.67 Å². The standard InChI is InChI=1S/C3H4F4O2/c4-1-2(5,8)3(6,7)9/h8-9H,1H2. The highest BCUT2D eigenvalue weighted by molar-refractivity contribution is 4.72. The fourth-order valence-corrected chi connectivity index (χ4v) is 0.0804. The average molecular weight is 148 g/mol. The Kier molecular flexibility index (Phi) is 2.02. The first-order valence-corrected chi connectivity index (χ1v) is 1.88. The van der Waals surface area contributed by atoms with E-state index in [1.165, 1.54) is 0 Å². The maximum atomic E-state index is 11.5. The van der Waals surface area contributed by atoms with Crippen molar-refractivity contribution in [2.24, 2.45) is 0 Å². The van der Waals surface area contributed by atoms with E-state index in [2.05, 4.69) is 0 Å². The van der Waals surface area contributed by atoms with Crippen molar-refractivity contribution in [1.29, 1.82) is 0 Å². The molecule has 9 heavy (non-hydrogen) atoms. The van der Waals surface area contributed by atoms with Crippen molar-refractivity contribution >= 4 is 0 Å². The Morgan fingerprint density at radius 1 is 1.11 bits per heavy atom. The number of halogens is 4. The van der Waals surface area contributed by atoms with E-state index in [0.717, 1.165) is 0 Å². The Labute approximate surface area is 47.7 Å². The molecule has 0 rings (SSSR count).